The van der Waals surface area contributed by atoms with Crippen molar-refractivity contribution < 1.29 is 4.79 Å². The summed E-state index contributed by atoms with van der Waals surface area (Å²) in [7, 11) is 0. The zero-order valence-corrected chi connectivity index (χ0v) is 10.5. The van der Waals surface area contributed by atoms with E-state index >= 15 is 0 Å². The lowest BCUT2D eigenvalue weighted by atomic mass is 10.0. The van der Waals surface area contributed by atoms with Crippen LogP contribution >= 0.6 is 15.9 Å². The highest BCUT2D eigenvalue weighted by molar-refractivity contribution is 9.10. The zero-order valence-electron chi connectivity index (χ0n) is 8.91. The molecule has 2 heteroatoms. The summed E-state index contributed by atoms with van der Waals surface area (Å²) in [6.07, 6.45) is 0. The smallest absolute Gasteiger partial charge is 0.159 e. The first-order valence-corrected chi connectivity index (χ1v) is 5.83. The minimum Gasteiger partial charge on any atom is -0.295 e. The highest BCUT2D eigenvalue weighted by atomic mass is 79.9. The van der Waals surface area contributed by atoms with Crippen LogP contribution in [0.5, 0.6) is 0 Å². The molecular formula is C14H11BrO. The number of halogens is 1. The van der Waals surface area contributed by atoms with Crippen molar-refractivity contribution in [3.8, 4) is 11.1 Å². The van der Waals surface area contributed by atoms with Crippen LogP contribution in [0.3, 0.4) is 0 Å². The van der Waals surface area contributed by atoms with Crippen LogP contribution in [-0.4, -0.2) is 5.78 Å². The molecule has 2 rings (SSSR count). The molecule has 0 heterocycles. The SMILES string of the molecule is CC(=O)c1cc(Br)cc(-c2ccccc2)c1. The van der Waals surface area contributed by atoms with E-state index in [2.05, 4.69) is 15.9 Å². The number of carbonyl (C=O) groups is 1. The summed E-state index contributed by atoms with van der Waals surface area (Å²) < 4.78 is 0.930. The summed E-state index contributed by atoms with van der Waals surface area (Å²) in [6, 6.07) is 15.8. The number of carbonyl (C=O) groups excluding carboxylic acids is 1. The monoisotopic (exact) mass is 274 g/mol. The fourth-order valence-corrected chi connectivity index (χ4v) is 2.08. The molecule has 0 aliphatic carbocycles. The van der Waals surface area contributed by atoms with Crippen molar-refractivity contribution in [1.29, 1.82) is 0 Å². The van der Waals surface area contributed by atoms with Crippen LogP contribution in [0.2, 0.25) is 0 Å². The summed E-state index contributed by atoms with van der Waals surface area (Å²) >= 11 is 3.43. The van der Waals surface area contributed by atoms with Crippen molar-refractivity contribution in [2.45, 2.75) is 6.92 Å². The van der Waals surface area contributed by atoms with Crippen molar-refractivity contribution in [3.05, 3.63) is 58.6 Å². The van der Waals surface area contributed by atoms with Gasteiger partial charge in [-0.05, 0) is 36.2 Å². The Hall–Kier alpha value is -1.41. The molecule has 0 bridgehead atoms. The second kappa shape index (κ2) is 4.62. The molecule has 0 fully saturated rings. The maximum absolute atomic E-state index is 11.4. The quantitative estimate of drug-likeness (QED) is 0.746. The van der Waals surface area contributed by atoms with E-state index in [4.69, 9.17) is 0 Å². The van der Waals surface area contributed by atoms with Crippen LogP contribution in [-0.2, 0) is 0 Å². The van der Waals surface area contributed by atoms with Gasteiger partial charge >= 0.3 is 0 Å². The van der Waals surface area contributed by atoms with Gasteiger partial charge in [0.15, 0.2) is 5.78 Å². The molecule has 16 heavy (non-hydrogen) atoms. The molecule has 0 radical (unpaired) electrons. The van der Waals surface area contributed by atoms with Gasteiger partial charge < -0.3 is 0 Å². The Morgan fingerprint density at radius 1 is 1.00 bits per heavy atom. The molecule has 0 aromatic heterocycles. The van der Waals surface area contributed by atoms with Gasteiger partial charge in [0.2, 0.25) is 0 Å². The third-order valence-corrected chi connectivity index (χ3v) is 2.87. The van der Waals surface area contributed by atoms with Crippen molar-refractivity contribution in [2.75, 3.05) is 0 Å². The number of hydrogen-bond donors (Lipinski definition) is 0. The molecule has 1 nitrogen and oxygen atoms in total. The Bertz CT molecular complexity index is 518. The summed E-state index contributed by atoms with van der Waals surface area (Å²) in [5.74, 6) is 0.0819. The molecule has 0 unspecified atom stereocenters. The van der Waals surface area contributed by atoms with E-state index in [9.17, 15) is 4.79 Å². The molecule has 0 aliphatic rings. The van der Waals surface area contributed by atoms with Crippen molar-refractivity contribution >= 4 is 21.7 Å². The molecule has 0 aliphatic heterocycles. The summed E-state index contributed by atoms with van der Waals surface area (Å²) in [6.45, 7) is 1.58. The lowest BCUT2D eigenvalue weighted by Gasteiger charge is -2.05. The Morgan fingerprint density at radius 2 is 1.69 bits per heavy atom. The summed E-state index contributed by atoms with van der Waals surface area (Å²) in [5, 5.41) is 0. The molecule has 2 aromatic rings. The van der Waals surface area contributed by atoms with Gasteiger partial charge in [0.05, 0.1) is 0 Å². The van der Waals surface area contributed by atoms with E-state index in [0.717, 1.165) is 21.2 Å². The summed E-state index contributed by atoms with van der Waals surface area (Å²) in [5.41, 5.74) is 2.90. The van der Waals surface area contributed by atoms with E-state index in [-0.39, 0.29) is 5.78 Å². The van der Waals surface area contributed by atoms with Crippen LogP contribution in [0, 0.1) is 0 Å². The van der Waals surface area contributed by atoms with Crippen LogP contribution in [0.4, 0.5) is 0 Å². The van der Waals surface area contributed by atoms with E-state index in [1.807, 2.05) is 48.5 Å². The Labute approximate surface area is 103 Å². The van der Waals surface area contributed by atoms with Crippen molar-refractivity contribution in [3.63, 3.8) is 0 Å². The molecule has 0 saturated carbocycles. The molecule has 80 valence electrons. The first-order chi connectivity index (χ1) is 7.66. The van der Waals surface area contributed by atoms with Crippen LogP contribution in [0.25, 0.3) is 11.1 Å². The van der Waals surface area contributed by atoms with Gasteiger partial charge in [0.25, 0.3) is 0 Å². The minimum absolute atomic E-state index is 0.0819. The highest BCUT2D eigenvalue weighted by Gasteiger charge is 2.04. The van der Waals surface area contributed by atoms with Crippen LogP contribution < -0.4 is 0 Å². The maximum atomic E-state index is 11.4. The number of benzene rings is 2. The van der Waals surface area contributed by atoms with Gasteiger partial charge in [-0.3, -0.25) is 4.79 Å². The third-order valence-electron chi connectivity index (χ3n) is 2.41. The molecule has 0 spiro atoms. The number of ketones is 1. The van der Waals surface area contributed by atoms with Crippen LogP contribution in [0.15, 0.2) is 53.0 Å². The van der Waals surface area contributed by atoms with Gasteiger partial charge in [-0.2, -0.15) is 0 Å². The predicted octanol–water partition coefficient (Wildman–Crippen LogP) is 4.32. The van der Waals surface area contributed by atoms with Crippen molar-refractivity contribution in [1.82, 2.24) is 0 Å². The predicted molar refractivity (Wildman–Crippen MR) is 69.6 cm³/mol. The van der Waals surface area contributed by atoms with Crippen LogP contribution in [0.1, 0.15) is 17.3 Å². The van der Waals surface area contributed by atoms with Gasteiger partial charge in [-0.15, -0.1) is 0 Å². The largest absolute Gasteiger partial charge is 0.295 e. The topological polar surface area (TPSA) is 17.1 Å². The number of Topliss-reactive ketones (excluding diaryl/α,β-unsaturated/α-hetero) is 1. The molecule has 0 amide bonds. The fourth-order valence-electron chi connectivity index (χ4n) is 1.59. The van der Waals surface area contributed by atoms with E-state index in [1.165, 1.54) is 0 Å². The number of rotatable bonds is 2. The number of hydrogen-bond acceptors (Lipinski definition) is 1. The van der Waals surface area contributed by atoms with Gasteiger partial charge in [-0.25, -0.2) is 0 Å². The van der Waals surface area contributed by atoms with Crippen molar-refractivity contribution in [2.24, 2.45) is 0 Å². The van der Waals surface area contributed by atoms with E-state index in [1.54, 1.807) is 6.92 Å². The maximum Gasteiger partial charge on any atom is 0.159 e. The minimum atomic E-state index is 0.0819. The highest BCUT2D eigenvalue weighted by Crippen LogP contribution is 2.25. The average molecular weight is 275 g/mol. The second-order valence-electron chi connectivity index (χ2n) is 3.65. The second-order valence-corrected chi connectivity index (χ2v) is 4.57. The molecule has 0 N–H and O–H groups in total. The molecule has 0 saturated heterocycles. The molecule has 0 atom stereocenters. The zero-order chi connectivity index (χ0) is 11.5. The van der Waals surface area contributed by atoms with E-state index in [0.29, 0.717) is 0 Å². The van der Waals surface area contributed by atoms with Gasteiger partial charge in [0.1, 0.15) is 0 Å². The third kappa shape index (κ3) is 2.39. The molecule has 2 aromatic carbocycles. The first-order valence-electron chi connectivity index (χ1n) is 5.04. The average Bonchev–Trinajstić information content (AvgIpc) is 2.29. The fraction of sp³-hybridized carbons (Fsp3) is 0.0714. The Morgan fingerprint density at radius 3 is 2.31 bits per heavy atom. The lowest BCUT2D eigenvalue weighted by Crippen LogP contribution is -1.92. The molecular weight excluding hydrogens is 264 g/mol. The van der Waals surface area contributed by atoms with Gasteiger partial charge in [0, 0.05) is 10.0 Å². The normalized spacial score (nSPS) is 10.1. The Balaban J connectivity index is 2.54. The standard InChI is InChI=1S/C14H11BrO/c1-10(16)12-7-13(9-14(15)8-12)11-5-3-2-4-6-11/h2-9H,1H3. The lowest BCUT2D eigenvalue weighted by molar-refractivity contribution is 0.101. The first kappa shape index (κ1) is 11.1. The Kier molecular flexibility index (Phi) is 3.20. The van der Waals surface area contributed by atoms with E-state index < -0.39 is 0 Å². The summed E-state index contributed by atoms with van der Waals surface area (Å²) in [4.78, 5) is 11.4. The van der Waals surface area contributed by atoms with Gasteiger partial charge in [-0.1, -0.05) is 46.3 Å².